The minimum atomic E-state index is -0.812. The predicted octanol–water partition coefficient (Wildman–Crippen LogP) is 0.146. The number of carbonyl (C=O) groups is 1. The molecule has 0 unspecified atom stereocenters. The van der Waals surface area contributed by atoms with Gasteiger partial charge in [-0.15, -0.1) is 0 Å². The van der Waals surface area contributed by atoms with Gasteiger partial charge in [0.15, 0.2) is 5.15 Å². The van der Waals surface area contributed by atoms with Crippen molar-refractivity contribution < 1.29 is 19.0 Å². The average molecular weight is 263 g/mol. The van der Waals surface area contributed by atoms with Gasteiger partial charge in [0.25, 0.3) is 0 Å². The van der Waals surface area contributed by atoms with E-state index < -0.39 is 6.09 Å². The van der Waals surface area contributed by atoms with Crippen molar-refractivity contribution in [2.45, 2.75) is 0 Å². The smallest absolute Gasteiger partial charge is 0.458 e. The van der Waals surface area contributed by atoms with E-state index in [0.29, 0.717) is 0 Å². The maximum absolute atomic E-state index is 11.4. The number of nitrogens with one attached hydrogen (secondary N) is 1. The van der Waals surface area contributed by atoms with Gasteiger partial charge in [0, 0.05) is 7.11 Å². The molecule has 0 aliphatic rings. The summed E-state index contributed by atoms with van der Waals surface area (Å²) in [6.45, 7) is 0.319. The maximum atomic E-state index is 11.4. The quantitative estimate of drug-likeness (QED) is 0.345. The monoisotopic (exact) mass is 262 g/mol. The van der Waals surface area contributed by atoms with Gasteiger partial charge in [-0.1, -0.05) is 4.98 Å². The van der Waals surface area contributed by atoms with Gasteiger partial charge in [-0.05, 0) is 11.6 Å². The fourth-order valence-electron chi connectivity index (χ4n) is 0.927. The highest BCUT2D eigenvalue weighted by molar-refractivity contribution is 6.29. The molecule has 1 aromatic heterocycles. The van der Waals surface area contributed by atoms with Crippen LogP contribution in [0, 0.1) is 5.21 Å². The van der Waals surface area contributed by atoms with E-state index in [2.05, 4.69) is 19.8 Å². The fraction of sp³-hybridized carbons (Fsp3) is 0.375. The molecule has 0 aliphatic heterocycles. The van der Waals surface area contributed by atoms with Crippen molar-refractivity contribution in [2.75, 3.05) is 31.4 Å². The van der Waals surface area contributed by atoms with Crippen molar-refractivity contribution in [3.63, 3.8) is 0 Å². The number of nitrogen functional groups attached to an aromatic ring is 1. The van der Waals surface area contributed by atoms with Crippen LogP contribution < -0.4 is 15.8 Å². The Bertz CT molecular complexity index is 415. The third kappa shape index (κ3) is 3.93. The van der Waals surface area contributed by atoms with Gasteiger partial charge < -0.3 is 20.4 Å². The third-order valence-corrected chi connectivity index (χ3v) is 1.85. The molecule has 0 fully saturated rings. The summed E-state index contributed by atoms with van der Waals surface area (Å²) >= 11 is 5.58. The Morgan fingerprint density at radius 3 is 3.06 bits per heavy atom. The SMILES string of the molecule is COCCOC(=O)Nc1cc(Cl)nc(N)[n+]1[O-]. The summed E-state index contributed by atoms with van der Waals surface area (Å²) in [5, 5.41) is 13.5. The molecule has 1 amide bonds. The van der Waals surface area contributed by atoms with E-state index in [1.807, 2.05) is 0 Å². The van der Waals surface area contributed by atoms with Gasteiger partial charge in [-0.3, -0.25) is 0 Å². The molecule has 17 heavy (non-hydrogen) atoms. The van der Waals surface area contributed by atoms with E-state index in [0.717, 1.165) is 6.07 Å². The number of nitrogens with zero attached hydrogens (tertiary/aromatic N) is 2. The maximum Gasteiger partial charge on any atom is 0.458 e. The molecule has 0 bridgehead atoms. The first-order chi connectivity index (χ1) is 8.04. The number of anilines is 2. The molecule has 94 valence electrons. The standard InChI is InChI=1S/C8H11ClN4O4/c1-16-2-3-17-8(14)12-6-4-5(9)11-7(10)13(6)15/h4H,2-3H2,1H3,(H2,10,11)(H,12,14). The van der Waals surface area contributed by atoms with Crippen molar-refractivity contribution >= 4 is 29.5 Å². The van der Waals surface area contributed by atoms with Crippen molar-refractivity contribution in [3.05, 3.63) is 16.4 Å². The van der Waals surface area contributed by atoms with Gasteiger partial charge in [-0.2, -0.15) is 0 Å². The number of nitrogens with two attached hydrogens (primary N) is 1. The van der Waals surface area contributed by atoms with Crippen LogP contribution in [-0.2, 0) is 9.47 Å². The van der Waals surface area contributed by atoms with Crippen LogP contribution >= 0.6 is 11.6 Å². The van der Waals surface area contributed by atoms with E-state index in [-0.39, 0.29) is 34.9 Å². The lowest BCUT2D eigenvalue weighted by molar-refractivity contribution is -0.577. The molecule has 0 saturated carbocycles. The Hall–Kier alpha value is -1.80. The first-order valence-corrected chi connectivity index (χ1v) is 4.90. The average Bonchev–Trinajstić information content (AvgIpc) is 2.25. The summed E-state index contributed by atoms with van der Waals surface area (Å²) in [6.07, 6.45) is -0.812. The molecule has 1 heterocycles. The molecule has 0 spiro atoms. The van der Waals surface area contributed by atoms with Crippen molar-refractivity contribution in [1.29, 1.82) is 0 Å². The van der Waals surface area contributed by atoms with Crippen LogP contribution in [0.2, 0.25) is 5.15 Å². The van der Waals surface area contributed by atoms with Crippen LogP contribution in [0.15, 0.2) is 6.07 Å². The number of ether oxygens (including phenoxy) is 2. The number of rotatable bonds is 4. The van der Waals surface area contributed by atoms with Gasteiger partial charge >= 0.3 is 12.0 Å². The van der Waals surface area contributed by atoms with E-state index in [1.54, 1.807) is 0 Å². The summed E-state index contributed by atoms with van der Waals surface area (Å²) in [5.41, 5.74) is 5.26. The van der Waals surface area contributed by atoms with Gasteiger partial charge in [-0.25, -0.2) is 14.8 Å². The topological polar surface area (TPSA) is 113 Å². The van der Waals surface area contributed by atoms with E-state index in [4.69, 9.17) is 17.3 Å². The summed E-state index contributed by atoms with van der Waals surface area (Å²) in [4.78, 5) is 14.7. The predicted molar refractivity (Wildman–Crippen MR) is 59.5 cm³/mol. The molecule has 0 aliphatic carbocycles. The van der Waals surface area contributed by atoms with Gasteiger partial charge in [0.1, 0.15) is 6.61 Å². The van der Waals surface area contributed by atoms with E-state index in [9.17, 15) is 10.0 Å². The second kappa shape index (κ2) is 6.06. The van der Waals surface area contributed by atoms with E-state index >= 15 is 0 Å². The van der Waals surface area contributed by atoms with Crippen LogP contribution in [0.25, 0.3) is 0 Å². The van der Waals surface area contributed by atoms with Crippen LogP contribution in [0.4, 0.5) is 16.6 Å². The second-order valence-corrected chi connectivity index (χ2v) is 3.26. The molecule has 1 rings (SSSR count). The van der Waals surface area contributed by atoms with Gasteiger partial charge in [0.05, 0.1) is 12.7 Å². The molecule has 0 atom stereocenters. The lowest BCUT2D eigenvalue weighted by Gasteiger charge is -2.12. The first kappa shape index (κ1) is 13.3. The highest BCUT2D eigenvalue weighted by Crippen LogP contribution is 2.10. The number of hydrogen-bond donors (Lipinski definition) is 2. The first-order valence-electron chi connectivity index (χ1n) is 4.53. The van der Waals surface area contributed by atoms with E-state index in [1.165, 1.54) is 7.11 Å². The van der Waals surface area contributed by atoms with Crippen LogP contribution in [0.1, 0.15) is 0 Å². The summed E-state index contributed by atoms with van der Waals surface area (Å²) in [7, 11) is 1.47. The highest BCUT2D eigenvalue weighted by Gasteiger charge is 2.13. The Morgan fingerprint density at radius 2 is 2.41 bits per heavy atom. The molecule has 0 aromatic carbocycles. The van der Waals surface area contributed by atoms with Gasteiger partial charge in [0.2, 0.25) is 5.82 Å². The highest BCUT2D eigenvalue weighted by atomic mass is 35.5. The van der Waals surface area contributed by atoms with Crippen LogP contribution in [-0.4, -0.2) is 31.4 Å². The number of hydrogen-bond acceptors (Lipinski definition) is 6. The number of aromatic nitrogens is 2. The molecule has 1 aromatic rings. The molecular weight excluding hydrogens is 252 g/mol. The molecule has 8 nitrogen and oxygen atoms in total. The normalized spacial score (nSPS) is 10.0. The van der Waals surface area contributed by atoms with Crippen LogP contribution in [0.5, 0.6) is 0 Å². The Morgan fingerprint density at radius 1 is 1.71 bits per heavy atom. The molecule has 0 saturated heterocycles. The fourth-order valence-corrected chi connectivity index (χ4v) is 1.12. The van der Waals surface area contributed by atoms with Crippen molar-refractivity contribution in [3.8, 4) is 0 Å². The molecule has 3 N–H and O–H groups in total. The second-order valence-electron chi connectivity index (χ2n) is 2.87. The Labute approximate surface area is 102 Å². The minimum Gasteiger partial charge on any atom is -0.754 e. The lowest BCUT2D eigenvalue weighted by atomic mass is 10.6. The number of amides is 1. The van der Waals surface area contributed by atoms with Crippen molar-refractivity contribution in [1.82, 2.24) is 4.98 Å². The summed E-state index contributed by atoms with van der Waals surface area (Å²) < 4.78 is 9.60. The zero-order chi connectivity index (χ0) is 12.8. The lowest BCUT2D eigenvalue weighted by Crippen LogP contribution is -2.37. The Kier molecular flexibility index (Phi) is 4.73. The van der Waals surface area contributed by atoms with Crippen molar-refractivity contribution in [2.24, 2.45) is 0 Å². The molecular formula is C8H11ClN4O4. The van der Waals surface area contributed by atoms with Crippen LogP contribution in [0.3, 0.4) is 0 Å². The number of halogens is 1. The molecule has 0 radical (unpaired) electrons. The minimum absolute atomic E-state index is 0.0122. The number of methoxy groups -OCH3 is 1. The largest absolute Gasteiger partial charge is 0.754 e. The zero-order valence-corrected chi connectivity index (χ0v) is 9.73. The third-order valence-electron chi connectivity index (χ3n) is 1.65. The summed E-state index contributed by atoms with van der Waals surface area (Å²) in [6, 6.07) is 1.16. The summed E-state index contributed by atoms with van der Waals surface area (Å²) in [5.74, 6) is -0.533. The molecule has 9 heteroatoms. The Balaban J connectivity index is 2.65. The number of carbonyl (C=O) groups excluding carboxylic acids is 1. The zero-order valence-electron chi connectivity index (χ0n) is 8.97.